The Morgan fingerprint density at radius 2 is 1.59 bits per heavy atom. The minimum absolute atomic E-state index is 0.00287. The number of benzene rings is 2. The van der Waals surface area contributed by atoms with Gasteiger partial charge in [0, 0.05) is 6.42 Å². The van der Waals surface area contributed by atoms with Crippen molar-refractivity contribution < 1.29 is 14.3 Å². The van der Waals surface area contributed by atoms with Gasteiger partial charge in [-0.25, -0.2) is 0 Å². The third-order valence-corrected chi connectivity index (χ3v) is 3.31. The molecule has 0 aromatic heterocycles. The molecule has 0 aliphatic rings. The zero-order valence-electron chi connectivity index (χ0n) is 12.7. The molecule has 0 aliphatic heterocycles. The summed E-state index contributed by atoms with van der Waals surface area (Å²) in [4.78, 5) is 22.4. The topological polar surface area (TPSA) is 43.4 Å². The van der Waals surface area contributed by atoms with Gasteiger partial charge in [0.25, 0.3) is 0 Å². The Bertz CT molecular complexity index is 615. The average molecular weight is 296 g/mol. The average Bonchev–Trinajstić information content (AvgIpc) is 2.52. The van der Waals surface area contributed by atoms with Crippen LogP contribution in [0.4, 0.5) is 0 Å². The molecular weight excluding hydrogens is 276 g/mol. The number of carbonyl (C=O) groups is 2. The first-order chi connectivity index (χ1) is 10.6. The zero-order valence-corrected chi connectivity index (χ0v) is 12.7. The smallest absolute Gasteiger partial charge is 0.140 e. The Balaban J connectivity index is 1.80. The van der Waals surface area contributed by atoms with Crippen molar-refractivity contribution in [2.75, 3.05) is 0 Å². The number of aryl methyl sites for hydroxylation is 1. The molecule has 2 aromatic rings. The fourth-order valence-electron chi connectivity index (χ4n) is 2.14. The summed E-state index contributed by atoms with van der Waals surface area (Å²) in [6, 6.07) is 17.7. The van der Waals surface area contributed by atoms with Crippen molar-refractivity contribution in [1.82, 2.24) is 0 Å². The van der Waals surface area contributed by atoms with Gasteiger partial charge in [0.15, 0.2) is 0 Å². The van der Waals surface area contributed by atoms with E-state index in [1.165, 1.54) is 6.92 Å². The molecule has 0 amide bonds. The van der Waals surface area contributed by atoms with Crippen LogP contribution in [0.15, 0.2) is 54.6 Å². The maximum atomic E-state index is 11.5. The van der Waals surface area contributed by atoms with Crippen molar-refractivity contribution in [1.29, 1.82) is 0 Å². The molecule has 2 aromatic carbocycles. The predicted octanol–water partition coefficient (Wildman–Crippen LogP) is 3.75. The maximum absolute atomic E-state index is 11.5. The molecule has 3 nitrogen and oxygen atoms in total. The minimum Gasteiger partial charge on any atom is -0.489 e. The van der Waals surface area contributed by atoms with Gasteiger partial charge in [0.05, 0.1) is 6.42 Å². The van der Waals surface area contributed by atoms with Gasteiger partial charge in [-0.05, 0) is 36.6 Å². The highest BCUT2D eigenvalue weighted by Crippen LogP contribution is 2.15. The molecule has 0 saturated carbocycles. The van der Waals surface area contributed by atoms with E-state index in [0.29, 0.717) is 19.4 Å². The van der Waals surface area contributed by atoms with Gasteiger partial charge < -0.3 is 4.74 Å². The fourth-order valence-corrected chi connectivity index (χ4v) is 2.14. The van der Waals surface area contributed by atoms with Crippen molar-refractivity contribution in [3.63, 3.8) is 0 Å². The van der Waals surface area contributed by atoms with Crippen LogP contribution < -0.4 is 4.74 Å². The number of hydrogen-bond donors (Lipinski definition) is 0. The Labute approximate surface area is 130 Å². The number of carbonyl (C=O) groups excluding carboxylic acids is 2. The predicted molar refractivity (Wildman–Crippen MR) is 85.8 cm³/mol. The quantitative estimate of drug-likeness (QED) is 0.697. The van der Waals surface area contributed by atoms with Crippen LogP contribution in [0.5, 0.6) is 5.75 Å². The number of rotatable bonds is 8. The Morgan fingerprint density at radius 3 is 2.23 bits per heavy atom. The van der Waals surface area contributed by atoms with Crippen LogP contribution in [0.1, 0.15) is 30.9 Å². The molecule has 0 N–H and O–H groups in total. The lowest BCUT2D eigenvalue weighted by molar-refractivity contribution is -0.125. The number of ketones is 2. The van der Waals surface area contributed by atoms with Gasteiger partial charge in [-0.3, -0.25) is 9.59 Å². The Hall–Kier alpha value is -2.42. The first kappa shape index (κ1) is 16.0. The summed E-state index contributed by atoms with van der Waals surface area (Å²) in [5.74, 6) is 0.731. The van der Waals surface area contributed by atoms with Gasteiger partial charge in [-0.2, -0.15) is 0 Å². The van der Waals surface area contributed by atoms with Crippen molar-refractivity contribution >= 4 is 11.6 Å². The van der Waals surface area contributed by atoms with Crippen molar-refractivity contribution in [2.24, 2.45) is 0 Å². The summed E-state index contributed by atoms with van der Waals surface area (Å²) in [6.07, 6.45) is 1.10. The minimum atomic E-state index is -0.0744. The zero-order chi connectivity index (χ0) is 15.8. The molecule has 0 heterocycles. The lowest BCUT2D eigenvalue weighted by Gasteiger charge is -2.07. The summed E-state index contributed by atoms with van der Waals surface area (Å²) in [5, 5.41) is 0. The van der Waals surface area contributed by atoms with E-state index >= 15 is 0 Å². The van der Waals surface area contributed by atoms with E-state index in [-0.39, 0.29) is 18.0 Å². The summed E-state index contributed by atoms with van der Waals surface area (Å²) in [6.45, 7) is 1.98. The van der Waals surface area contributed by atoms with Crippen LogP contribution in [0, 0.1) is 0 Å². The van der Waals surface area contributed by atoms with E-state index in [1.54, 1.807) is 0 Å². The summed E-state index contributed by atoms with van der Waals surface area (Å²) in [5.41, 5.74) is 2.20. The molecule has 0 unspecified atom stereocenters. The molecule has 114 valence electrons. The highest BCUT2D eigenvalue weighted by Gasteiger charge is 2.06. The molecule has 0 spiro atoms. The molecule has 22 heavy (non-hydrogen) atoms. The molecule has 0 saturated heterocycles. The lowest BCUT2D eigenvalue weighted by atomic mass is 10.1. The second-order valence-electron chi connectivity index (χ2n) is 5.34. The normalized spacial score (nSPS) is 10.2. The van der Waals surface area contributed by atoms with Crippen molar-refractivity contribution in [3.8, 4) is 5.75 Å². The van der Waals surface area contributed by atoms with Crippen LogP contribution in [0.2, 0.25) is 0 Å². The van der Waals surface area contributed by atoms with Gasteiger partial charge in [-0.15, -0.1) is 0 Å². The second-order valence-corrected chi connectivity index (χ2v) is 5.34. The van der Waals surface area contributed by atoms with Crippen LogP contribution in [-0.2, 0) is 22.6 Å². The van der Waals surface area contributed by atoms with Crippen LogP contribution in [-0.4, -0.2) is 11.6 Å². The molecule has 0 fully saturated rings. The van der Waals surface area contributed by atoms with Gasteiger partial charge in [-0.1, -0.05) is 42.5 Å². The SMILES string of the molecule is CC(=O)CC(=O)CCc1ccc(OCc2ccccc2)cc1. The monoisotopic (exact) mass is 296 g/mol. The van der Waals surface area contributed by atoms with E-state index in [2.05, 4.69) is 0 Å². The standard InChI is InChI=1S/C19H20O3/c1-15(20)13-18(21)10-7-16-8-11-19(12-9-16)22-14-17-5-3-2-4-6-17/h2-6,8-9,11-12H,7,10,13-14H2,1H3. The van der Waals surface area contributed by atoms with Crippen LogP contribution in [0.25, 0.3) is 0 Å². The van der Waals surface area contributed by atoms with Crippen LogP contribution >= 0.6 is 0 Å². The van der Waals surface area contributed by atoms with Crippen molar-refractivity contribution in [3.05, 3.63) is 65.7 Å². The summed E-state index contributed by atoms with van der Waals surface area (Å²) in [7, 11) is 0. The molecule has 2 rings (SSSR count). The third-order valence-electron chi connectivity index (χ3n) is 3.31. The molecule has 0 radical (unpaired) electrons. The third kappa shape index (κ3) is 5.52. The summed E-state index contributed by atoms with van der Waals surface area (Å²) < 4.78 is 5.71. The van der Waals surface area contributed by atoms with Gasteiger partial charge in [0.1, 0.15) is 23.9 Å². The van der Waals surface area contributed by atoms with E-state index in [9.17, 15) is 9.59 Å². The number of Topliss-reactive ketones (excluding diaryl/α,β-unsaturated/α-hetero) is 2. The molecule has 0 aliphatic carbocycles. The summed E-state index contributed by atoms with van der Waals surface area (Å²) >= 11 is 0. The number of ether oxygens (including phenoxy) is 1. The first-order valence-electron chi connectivity index (χ1n) is 7.40. The highest BCUT2D eigenvalue weighted by atomic mass is 16.5. The van der Waals surface area contributed by atoms with E-state index < -0.39 is 0 Å². The van der Waals surface area contributed by atoms with Crippen LogP contribution in [0.3, 0.4) is 0 Å². The maximum Gasteiger partial charge on any atom is 0.140 e. The molecule has 3 heteroatoms. The highest BCUT2D eigenvalue weighted by molar-refractivity contribution is 5.97. The first-order valence-corrected chi connectivity index (χ1v) is 7.40. The fraction of sp³-hybridized carbons (Fsp3) is 0.263. The Morgan fingerprint density at radius 1 is 0.909 bits per heavy atom. The second kappa shape index (κ2) is 8.13. The molecule has 0 atom stereocenters. The lowest BCUT2D eigenvalue weighted by Crippen LogP contribution is -2.05. The van der Waals surface area contributed by atoms with Gasteiger partial charge >= 0.3 is 0 Å². The molecular formula is C19H20O3. The number of hydrogen-bond acceptors (Lipinski definition) is 3. The largest absolute Gasteiger partial charge is 0.489 e. The van der Waals surface area contributed by atoms with Crippen molar-refractivity contribution in [2.45, 2.75) is 32.8 Å². The van der Waals surface area contributed by atoms with Gasteiger partial charge in [0.2, 0.25) is 0 Å². The van der Waals surface area contributed by atoms with E-state index in [0.717, 1.165) is 16.9 Å². The Kier molecular flexibility index (Phi) is 5.90. The van der Waals surface area contributed by atoms with E-state index in [1.807, 2.05) is 54.6 Å². The molecule has 0 bridgehead atoms. The van der Waals surface area contributed by atoms with E-state index in [4.69, 9.17) is 4.74 Å².